The van der Waals surface area contributed by atoms with Gasteiger partial charge in [0.15, 0.2) is 0 Å². The highest BCUT2D eigenvalue weighted by Crippen LogP contribution is 2.46. The smallest absolute Gasteiger partial charge is 0.123 e. The third-order valence-corrected chi connectivity index (χ3v) is 6.41. The van der Waals surface area contributed by atoms with Crippen molar-refractivity contribution in [3.8, 4) is 23.0 Å². The number of phenolic OH excluding ortho intramolecular Hbond substituents is 4. The quantitative estimate of drug-likeness (QED) is 0.262. The van der Waals surface area contributed by atoms with Gasteiger partial charge < -0.3 is 20.4 Å². The van der Waals surface area contributed by atoms with Crippen molar-refractivity contribution in [1.82, 2.24) is 0 Å². The van der Waals surface area contributed by atoms with E-state index < -0.39 is 5.41 Å². The van der Waals surface area contributed by atoms with Crippen molar-refractivity contribution in [3.63, 3.8) is 0 Å². The Kier molecular flexibility index (Phi) is 4.45. The predicted octanol–water partition coefficient (Wildman–Crippen LogP) is 6.17. The molecule has 5 aromatic rings. The summed E-state index contributed by atoms with van der Waals surface area (Å²) in [6, 6.07) is 27.0. The number of hydrogen-bond acceptors (Lipinski definition) is 4. The van der Waals surface area contributed by atoms with Crippen LogP contribution in [0.15, 0.2) is 91.0 Å². The first kappa shape index (κ1) is 19.8. The maximum atomic E-state index is 10.8. The van der Waals surface area contributed by atoms with Crippen LogP contribution in [0.5, 0.6) is 23.0 Å². The summed E-state index contributed by atoms with van der Waals surface area (Å²) in [6.45, 7) is 2.00. The Bertz CT molecular complexity index is 1380. The molecule has 4 heteroatoms. The van der Waals surface area contributed by atoms with E-state index in [1.54, 1.807) is 48.5 Å². The molecule has 0 heterocycles. The molecule has 0 radical (unpaired) electrons. The van der Waals surface area contributed by atoms with Gasteiger partial charge in [0, 0.05) is 27.0 Å². The molecule has 0 aliphatic heterocycles. The summed E-state index contributed by atoms with van der Waals surface area (Å²) in [4.78, 5) is 0. The second-order valence-electron chi connectivity index (χ2n) is 8.23. The molecule has 0 saturated heterocycles. The van der Waals surface area contributed by atoms with Gasteiger partial charge in [-0.1, -0.05) is 54.6 Å². The molecular weight excluding hydrogens is 400 g/mol. The van der Waals surface area contributed by atoms with Gasteiger partial charge in [-0.15, -0.1) is 0 Å². The molecule has 0 fully saturated rings. The van der Waals surface area contributed by atoms with Crippen molar-refractivity contribution in [2.24, 2.45) is 0 Å². The molecule has 0 bridgehead atoms. The molecule has 0 aliphatic rings. The molecule has 0 aromatic heterocycles. The van der Waals surface area contributed by atoms with Crippen LogP contribution in [-0.2, 0) is 5.41 Å². The van der Waals surface area contributed by atoms with Gasteiger partial charge >= 0.3 is 0 Å². The van der Waals surface area contributed by atoms with Crippen molar-refractivity contribution in [2.75, 3.05) is 0 Å². The lowest BCUT2D eigenvalue weighted by Crippen LogP contribution is -2.25. The van der Waals surface area contributed by atoms with Crippen LogP contribution in [0.2, 0.25) is 0 Å². The van der Waals surface area contributed by atoms with Crippen LogP contribution in [0.3, 0.4) is 0 Å². The first-order valence-electron chi connectivity index (χ1n) is 10.4. The van der Waals surface area contributed by atoms with Crippen molar-refractivity contribution >= 4 is 21.5 Å². The molecule has 158 valence electrons. The van der Waals surface area contributed by atoms with Crippen LogP contribution in [0.25, 0.3) is 21.5 Å². The third-order valence-electron chi connectivity index (χ3n) is 6.41. The first-order chi connectivity index (χ1) is 15.4. The third kappa shape index (κ3) is 2.92. The maximum absolute atomic E-state index is 10.8. The molecular formula is C28H22O4. The van der Waals surface area contributed by atoms with Crippen LogP contribution in [0.1, 0.15) is 23.6 Å². The van der Waals surface area contributed by atoms with Crippen LogP contribution in [0.4, 0.5) is 0 Å². The second kappa shape index (κ2) is 7.20. The average Bonchev–Trinajstić information content (AvgIpc) is 2.80. The van der Waals surface area contributed by atoms with Crippen molar-refractivity contribution in [1.29, 1.82) is 0 Å². The maximum Gasteiger partial charge on any atom is 0.123 e. The summed E-state index contributed by atoms with van der Waals surface area (Å²) in [5.41, 5.74) is 1.61. The summed E-state index contributed by atoms with van der Waals surface area (Å²) in [6.07, 6.45) is 0. The number of rotatable bonds is 3. The van der Waals surface area contributed by atoms with E-state index >= 15 is 0 Å². The van der Waals surface area contributed by atoms with Crippen LogP contribution in [-0.4, -0.2) is 20.4 Å². The van der Waals surface area contributed by atoms with Gasteiger partial charge in [-0.3, -0.25) is 0 Å². The average molecular weight is 422 g/mol. The zero-order valence-corrected chi connectivity index (χ0v) is 17.4. The number of hydrogen-bond donors (Lipinski definition) is 4. The number of fused-ring (bicyclic) bond motifs is 2. The number of aromatic hydroxyl groups is 4. The Labute approximate surface area is 185 Å². The monoisotopic (exact) mass is 422 g/mol. The van der Waals surface area contributed by atoms with Crippen LogP contribution >= 0.6 is 0 Å². The van der Waals surface area contributed by atoms with Crippen molar-refractivity contribution in [3.05, 3.63) is 108 Å². The molecule has 5 aromatic carbocycles. The summed E-state index contributed by atoms with van der Waals surface area (Å²) in [5.74, 6) is 0.273. The zero-order valence-electron chi connectivity index (χ0n) is 17.4. The first-order valence-corrected chi connectivity index (χ1v) is 10.4. The normalized spacial score (nSPS) is 11.8. The minimum absolute atomic E-state index is 0.0587. The number of phenols is 4. The fraction of sp³-hybridized carbons (Fsp3) is 0.0714. The van der Waals surface area contributed by atoms with Crippen LogP contribution in [0, 0.1) is 0 Å². The van der Waals surface area contributed by atoms with E-state index in [0.29, 0.717) is 21.5 Å². The molecule has 32 heavy (non-hydrogen) atoms. The summed E-state index contributed by atoms with van der Waals surface area (Å²) >= 11 is 0. The van der Waals surface area contributed by atoms with E-state index in [2.05, 4.69) is 0 Å². The Hall–Kier alpha value is -4.18. The fourth-order valence-electron chi connectivity index (χ4n) is 4.55. The lowest BCUT2D eigenvalue weighted by molar-refractivity contribution is 0.472. The van der Waals surface area contributed by atoms with E-state index in [1.807, 2.05) is 49.4 Å². The lowest BCUT2D eigenvalue weighted by atomic mass is 9.70. The predicted molar refractivity (Wildman–Crippen MR) is 127 cm³/mol. The van der Waals surface area contributed by atoms with E-state index in [4.69, 9.17) is 0 Å². The Morgan fingerprint density at radius 2 is 0.906 bits per heavy atom. The van der Waals surface area contributed by atoms with Crippen LogP contribution < -0.4 is 0 Å². The Balaban J connectivity index is 1.87. The van der Waals surface area contributed by atoms with Gasteiger partial charge in [0.05, 0.1) is 0 Å². The van der Waals surface area contributed by atoms with Gasteiger partial charge in [0.25, 0.3) is 0 Å². The lowest BCUT2D eigenvalue weighted by Gasteiger charge is -2.33. The Morgan fingerprint density at radius 1 is 0.438 bits per heavy atom. The Morgan fingerprint density at radius 3 is 1.38 bits per heavy atom. The molecule has 0 atom stereocenters. The second-order valence-corrected chi connectivity index (χ2v) is 8.23. The van der Waals surface area contributed by atoms with E-state index in [9.17, 15) is 20.4 Å². The summed E-state index contributed by atoms with van der Waals surface area (Å²) < 4.78 is 0. The topological polar surface area (TPSA) is 80.9 Å². The summed E-state index contributed by atoms with van der Waals surface area (Å²) in [7, 11) is 0. The molecule has 5 rings (SSSR count). The molecule has 4 nitrogen and oxygen atoms in total. The molecule has 0 amide bonds. The van der Waals surface area contributed by atoms with Crippen molar-refractivity contribution in [2.45, 2.75) is 12.3 Å². The molecule has 4 N–H and O–H groups in total. The minimum Gasteiger partial charge on any atom is -0.507 e. The van der Waals surface area contributed by atoms with E-state index in [-0.39, 0.29) is 23.0 Å². The number of benzene rings is 5. The van der Waals surface area contributed by atoms with Gasteiger partial charge in [0.2, 0.25) is 0 Å². The van der Waals surface area contributed by atoms with Gasteiger partial charge in [-0.2, -0.15) is 0 Å². The highest BCUT2D eigenvalue weighted by Gasteiger charge is 2.33. The standard InChI is InChI=1S/C28H22O4/c1-28(17-7-3-2-4-8-17,18-13-22-20(26(31)15-18)9-5-11-24(22)29)19-14-23-21(27(32)16-19)10-6-12-25(23)30/h2-16,29-32H,1H3. The SMILES string of the molecule is CC(c1ccccc1)(c1cc(O)c2cccc(O)c2c1)c1cc(O)c2cccc(O)c2c1. The summed E-state index contributed by atoms with van der Waals surface area (Å²) in [5, 5.41) is 44.7. The highest BCUT2D eigenvalue weighted by molar-refractivity contribution is 5.95. The van der Waals surface area contributed by atoms with Gasteiger partial charge in [-0.05, 0) is 60.0 Å². The highest BCUT2D eigenvalue weighted by atomic mass is 16.3. The minimum atomic E-state index is -0.802. The molecule has 0 saturated carbocycles. The fourth-order valence-corrected chi connectivity index (χ4v) is 4.55. The molecule has 0 spiro atoms. The van der Waals surface area contributed by atoms with Gasteiger partial charge in [-0.25, -0.2) is 0 Å². The van der Waals surface area contributed by atoms with Crippen molar-refractivity contribution < 1.29 is 20.4 Å². The largest absolute Gasteiger partial charge is 0.507 e. The van der Waals surface area contributed by atoms with E-state index in [0.717, 1.165) is 16.7 Å². The zero-order chi connectivity index (χ0) is 22.5. The molecule has 0 aliphatic carbocycles. The van der Waals surface area contributed by atoms with E-state index in [1.165, 1.54) is 0 Å². The molecule has 0 unspecified atom stereocenters. The van der Waals surface area contributed by atoms with Gasteiger partial charge in [0.1, 0.15) is 23.0 Å².